The van der Waals surface area contributed by atoms with Crippen molar-refractivity contribution in [3.05, 3.63) is 29.3 Å². The Hall–Kier alpha value is -1.15. The summed E-state index contributed by atoms with van der Waals surface area (Å²) in [5.41, 5.74) is 0.969. The predicted octanol–water partition coefficient (Wildman–Crippen LogP) is 1.19. The van der Waals surface area contributed by atoms with Crippen LogP contribution >= 0.6 is 12.4 Å². The minimum atomic E-state index is -3.53. The molecule has 0 aliphatic carbocycles. The first-order valence-electron chi connectivity index (χ1n) is 6.78. The Morgan fingerprint density at radius 2 is 2.09 bits per heavy atom. The molecule has 1 unspecified atom stereocenters. The summed E-state index contributed by atoms with van der Waals surface area (Å²) in [7, 11) is -2.23. The van der Waals surface area contributed by atoms with Gasteiger partial charge in [0.1, 0.15) is 0 Å². The Morgan fingerprint density at radius 1 is 1.41 bits per heavy atom. The minimum absolute atomic E-state index is 0. The Morgan fingerprint density at radius 3 is 2.64 bits per heavy atom. The molecule has 1 N–H and O–H groups in total. The summed E-state index contributed by atoms with van der Waals surface area (Å²) < 4.78 is 31.4. The van der Waals surface area contributed by atoms with E-state index in [-0.39, 0.29) is 23.3 Å². The summed E-state index contributed by atoms with van der Waals surface area (Å²) in [6, 6.07) is 4.61. The lowest BCUT2D eigenvalue weighted by Crippen LogP contribution is -2.51. The first-order chi connectivity index (χ1) is 9.86. The van der Waals surface area contributed by atoms with E-state index < -0.39 is 16.0 Å². The molecule has 1 aromatic carbocycles. The van der Waals surface area contributed by atoms with Crippen molar-refractivity contribution in [3.63, 3.8) is 0 Å². The van der Waals surface area contributed by atoms with E-state index in [4.69, 9.17) is 0 Å². The number of methoxy groups -OCH3 is 1. The number of halogens is 1. The van der Waals surface area contributed by atoms with Crippen LogP contribution in [0.15, 0.2) is 23.1 Å². The molecule has 2 rings (SSSR count). The fraction of sp³-hybridized carbons (Fsp3) is 0.500. The molecule has 8 heteroatoms. The molecule has 0 spiro atoms. The van der Waals surface area contributed by atoms with Gasteiger partial charge in [-0.2, -0.15) is 4.31 Å². The molecule has 1 fully saturated rings. The topological polar surface area (TPSA) is 75.7 Å². The van der Waals surface area contributed by atoms with Crippen LogP contribution in [0.2, 0.25) is 0 Å². The number of nitrogens with one attached hydrogen (secondary N) is 1. The van der Waals surface area contributed by atoms with E-state index in [2.05, 4.69) is 10.1 Å². The first kappa shape index (κ1) is 18.9. The van der Waals surface area contributed by atoms with Crippen LogP contribution in [-0.2, 0) is 14.8 Å². The molecular formula is C14H21ClN2O4S. The van der Waals surface area contributed by atoms with Crippen molar-refractivity contribution in [1.29, 1.82) is 0 Å². The van der Waals surface area contributed by atoms with Crippen LogP contribution in [0.4, 0.5) is 0 Å². The first-order valence-corrected chi connectivity index (χ1v) is 8.22. The van der Waals surface area contributed by atoms with Gasteiger partial charge in [0.15, 0.2) is 0 Å². The van der Waals surface area contributed by atoms with Gasteiger partial charge in [-0.1, -0.05) is 0 Å². The number of hydrogen-bond donors (Lipinski definition) is 1. The number of carbonyl (C=O) groups excluding carboxylic acids is 1. The van der Waals surface area contributed by atoms with Gasteiger partial charge in [0, 0.05) is 25.7 Å². The average Bonchev–Trinajstić information content (AvgIpc) is 2.46. The number of ether oxygens (including phenoxy) is 1. The monoisotopic (exact) mass is 348 g/mol. The van der Waals surface area contributed by atoms with Crippen molar-refractivity contribution in [2.24, 2.45) is 0 Å². The third kappa shape index (κ3) is 3.78. The maximum absolute atomic E-state index is 12.6. The molecule has 1 heterocycles. The van der Waals surface area contributed by atoms with Crippen molar-refractivity contribution < 1.29 is 17.9 Å². The number of benzene rings is 1. The second-order valence-corrected chi connectivity index (χ2v) is 7.12. The van der Waals surface area contributed by atoms with E-state index in [0.717, 1.165) is 0 Å². The lowest BCUT2D eigenvalue weighted by atomic mass is 10.1. The van der Waals surface area contributed by atoms with Gasteiger partial charge in [-0.25, -0.2) is 13.2 Å². The zero-order valence-corrected chi connectivity index (χ0v) is 14.5. The quantitative estimate of drug-likeness (QED) is 0.830. The molecule has 124 valence electrons. The van der Waals surface area contributed by atoms with E-state index in [1.54, 1.807) is 6.92 Å². The van der Waals surface area contributed by atoms with E-state index in [0.29, 0.717) is 30.8 Å². The lowest BCUT2D eigenvalue weighted by molar-refractivity contribution is 0.0600. The van der Waals surface area contributed by atoms with Crippen molar-refractivity contribution in [1.82, 2.24) is 9.62 Å². The van der Waals surface area contributed by atoms with Crippen LogP contribution in [0.1, 0.15) is 22.8 Å². The Kier molecular flexibility index (Phi) is 6.37. The number of rotatable bonds is 3. The number of hydrogen-bond acceptors (Lipinski definition) is 5. The number of sulfonamides is 1. The second kappa shape index (κ2) is 7.41. The van der Waals surface area contributed by atoms with E-state index in [9.17, 15) is 13.2 Å². The van der Waals surface area contributed by atoms with Gasteiger partial charge in [-0.15, -0.1) is 12.4 Å². The molecule has 1 saturated heterocycles. The molecule has 6 nitrogen and oxygen atoms in total. The number of aryl methyl sites for hydroxylation is 1. The van der Waals surface area contributed by atoms with Crippen molar-refractivity contribution >= 4 is 28.4 Å². The second-order valence-electron chi connectivity index (χ2n) is 5.19. The summed E-state index contributed by atoms with van der Waals surface area (Å²) >= 11 is 0. The van der Waals surface area contributed by atoms with E-state index in [1.807, 2.05) is 6.92 Å². The van der Waals surface area contributed by atoms with Crippen LogP contribution in [0.5, 0.6) is 0 Å². The minimum Gasteiger partial charge on any atom is -0.465 e. The van der Waals surface area contributed by atoms with Gasteiger partial charge in [0.2, 0.25) is 10.0 Å². The number of piperazine rings is 1. The van der Waals surface area contributed by atoms with Crippen molar-refractivity contribution in [2.45, 2.75) is 24.8 Å². The van der Waals surface area contributed by atoms with Gasteiger partial charge in [0.25, 0.3) is 0 Å². The third-order valence-electron chi connectivity index (χ3n) is 3.57. The highest BCUT2D eigenvalue weighted by atomic mass is 35.5. The van der Waals surface area contributed by atoms with Crippen LogP contribution in [0, 0.1) is 6.92 Å². The van der Waals surface area contributed by atoms with Gasteiger partial charge >= 0.3 is 5.97 Å². The summed E-state index contributed by atoms with van der Waals surface area (Å²) in [6.07, 6.45) is 0. The summed E-state index contributed by atoms with van der Waals surface area (Å²) in [5, 5.41) is 3.21. The van der Waals surface area contributed by atoms with Gasteiger partial charge in [-0.05, 0) is 37.6 Å². The molecule has 22 heavy (non-hydrogen) atoms. The fourth-order valence-corrected chi connectivity index (χ4v) is 4.02. The maximum atomic E-state index is 12.6. The van der Waals surface area contributed by atoms with E-state index in [1.165, 1.54) is 29.6 Å². The third-order valence-corrected chi connectivity index (χ3v) is 5.43. The van der Waals surface area contributed by atoms with Crippen molar-refractivity contribution in [3.8, 4) is 0 Å². The molecule has 0 radical (unpaired) electrons. The molecule has 1 aliphatic rings. The number of esters is 1. The highest BCUT2D eigenvalue weighted by molar-refractivity contribution is 7.89. The molecule has 0 bridgehead atoms. The highest BCUT2D eigenvalue weighted by Gasteiger charge is 2.29. The molecule has 0 aromatic heterocycles. The molecule has 0 amide bonds. The maximum Gasteiger partial charge on any atom is 0.338 e. The Balaban J connectivity index is 0.00000242. The van der Waals surface area contributed by atoms with Gasteiger partial charge in [-0.3, -0.25) is 0 Å². The van der Waals surface area contributed by atoms with Crippen LogP contribution in [0.25, 0.3) is 0 Å². The van der Waals surface area contributed by atoms with E-state index >= 15 is 0 Å². The smallest absolute Gasteiger partial charge is 0.338 e. The number of nitrogens with zero attached hydrogens (tertiary/aromatic N) is 1. The zero-order chi connectivity index (χ0) is 15.6. The fourth-order valence-electron chi connectivity index (χ4n) is 2.40. The molecule has 1 aromatic rings. The largest absolute Gasteiger partial charge is 0.465 e. The SMILES string of the molecule is COC(=O)c1ccc(S(=O)(=O)N2CCNC(C)C2)cc1C.Cl. The Labute approximate surface area is 137 Å². The lowest BCUT2D eigenvalue weighted by Gasteiger charge is -2.31. The average molecular weight is 349 g/mol. The van der Waals surface area contributed by atoms with Crippen LogP contribution in [0.3, 0.4) is 0 Å². The molecule has 1 atom stereocenters. The number of carbonyl (C=O) groups is 1. The highest BCUT2D eigenvalue weighted by Crippen LogP contribution is 2.21. The standard InChI is InChI=1S/C14H20N2O4S.ClH/c1-10-8-12(4-5-13(10)14(17)20-3)21(18,19)16-7-6-15-11(2)9-16;/h4-5,8,11,15H,6-7,9H2,1-3H3;1H. The molecule has 1 aliphatic heterocycles. The zero-order valence-electron chi connectivity index (χ0n) is 12.8. The Bertz CT molecular complexity index is 648. The normalized spacial score (nSPS) is 19.3. The van der Waals surface area contributed by atoms with Gasteiger partial charge in [0.05, 0.1) is 17.6 Å². The molecule has 0 saturated carbocycles. The van der Waals surface area contributed by atoms with Crippen molar-refractivity contribution in [2.75, 3.05) is 26.7 Å². The molecular weight excluding hydrogens is 328 g/mol. The summed E-state index contributed by atoms with van der Waals surface area (Å²) in [5.74, 6) is -0.466. The summed E-state index contributed by atoms with van der Waals surface area (Å²) in [6.45, 7) is 5.18. The van der Waals surface area contributed by atoms with Crippen LogP contribution in [-0.4, -0.2) is 51.5 Å². The predicted molar refractivity (Wildman–Crippen MR) is 86.0 cm³/mol. The van der Waals surface area contributed by atoms with Crippen LogP contribution < -0.4 is 5.32 Å². The van der Waals surface area contributed by atoms with Gasteiger partial charge < -0.3 is 10.1 Å². The summed E-state index contributed by atoms with van der Waals surface area (Å²) in [4.78, 5) is 11.8.